The minimum Gasteiger partial charge on any atom is -0.461 e. The van der Waals surface area contributed by atoms with Gasteiger partial charge >= 0.3 is 5.97 Å². The molecule has 2 aromatic carbocycles. The standard InChI is InChI=1S/C19H15ClN2O4/c1-2-25-19(24)16-11-17(26-22-16)12-7-9-13(10-8-12)21-18(23)14-5-3-4-6-15(14)20/h3-11H,2H2,1H3,(H,21,23). The quantitative estimate of drug-likeness (QED) is 0.672. The first kappa shape index (κ1) is 17.7. The van der Waals surface area contributed by atoms with E-state index in [9.17, 15) is 9.59 Å². The molecule has 0 unspecified atom stereocenters. The van der Waals surface area contributed by atoms with Crippen molar-refractivity contribution < 1.29 is 18.8 Å². The Morgan fingerprint density at radius 1 is 1.15 bits per heavy atom. The average Bonchev–Trinajstić information content (AvgIpc) is 3.13. The molecule has 0 saturated heterocycles. The van der Waals surface area contributed by atoms with Crippen LogP contribution >= 0.6 is 11.6 Å². The number of carbonyl (C=O) groups excluding carboxylic acids is 2. The van der Waals surface area contributed by atoms with Crippen molar-refractivity contribution in [3.05, 3.63) is 70.9 Å². The van der Waals surface area contributed by atoms with Crippen molar-refractivity contribution in [3.8, 4) is 11.3 Å². The molecule has 0 radical (unpaired) electrons. The lowest BCUT2D eigenvalue weighted by Crippen LogP contribution is -2.12. The van der Waals surface area contributed by atoms with E-state index in [-0.39, 0.29) is 18.2 Å². The van der Waals surface area contributed by atoms with Crippen LogP contribution in [0.25, 0.3) is 11.3 Å². The molecule has 0 atom stereocenters. The minimum absolute atomic E-state index is 0.109. The van der Waals surface area contributed by atoms with E-state index in [1.165, 1.54) is 6.07 Å². The summed E-state index contributed by atoms with van der Waals surface area (Å²) in [7, 11) is 0. The molecule has 3 rings (SSSR count). The van der Waals surface area contributed by atoms with Crippen LogP contribution in [-0.2, 0) is 4.74 Å². The van der Waals surface area contributed by atoms with E-state index in [0.29, 0.717) is 27.6 Å². The number of benzene rings is 2. The number of hydrogen-bond acceptors (Lipinski definition) is 5. The second-order valence-corrected chi connectivity index (χ2v) is 5.72. The smallest absolute Gasteiger partial charge is 0.360 e. The first-order valence-corrected chi connectivity index (χ1v) is 8.26. The second kappa shape index (κ2) is 7.84. The number of halogens is 1. The predicted molar refractivity (Wildman–Crippen MR) is 97.3 cm³/mol. The van der Waals surface area contributed by atoms with E-state index in [0.717, 1.165) is 0 Å². The molecule has 26 heavy (non-hydrogen) atoms. The number of aromatic nitrogens is 1. The highest BCUT2D eigenvalue weighted by molar-refractivity contribution is 6.34. The molecule has 1 heterocycles. The maximum Gasteiger partial charge on any atom is 0.360 e. The van der Waals surface area contributed by atoms with Crippen molar-refractivity contribution in [1.29, 1.82) is 0 Å². The fourth-order valence-corrected chi connectivity index (χ4v) is 2.50. The fourth-order valence-electron chi connectivity index (χ4n) is 2.27. The van der Waals surface area contributed by atoms with E-state index in [2.05, 4.69) is 10.5 Å². The first-order chi connectivity index (χ1) is 12.6. The Labute approximate surface area is 154 Å². The van der Waals surface area contributed by atoms with Crippen LogP contribution in [0.4, 0.5) is 5.69 Å². The van der Waals surface area contributed by atoms with Crippen molar-refractivity contribution in [1.82, 2.24) is 5.16 Å². The van der Waals surface area contributed by atoms with Gasteiger partial charge in [-0.3, -0.25) is 4.79 Å². The van der Waals surface area contributed by atoms with Crippen molar-refractivity contribution in [3.63, 3.8) is 0 Å². The number of nitrogens with zero attached hydrogens (tertiary/aromatic N) is 1. The molecular weight excluding hydrogens is 356 g/mol. The Kier molecular flexibility index (Phi) is 5.34. The summed E-state index contributed by atoms with van der Waals surface area (Å²) in [5.41, 5.74) is 1.82. The van der Waals surface area contributed by atoms with Crippen molar-refractivity contribution in [2.45, 2.75) is 6.92 Å². The van der Waals surface area contributed by atoms with Gasteiger partial charge in [-0.25, -0.2) is 4.79 Å². The summed E-state index contributed by atoms with van der Waals surface area (Å²) in [4.78, 5) is 23.9. The maximum absolute atomic E-state index is 12.3. The Bertz CT molecular complexity index is 935. The summed E-state index contributed by atoms with van der Waals surface area (Å²) in [6, 6.07) is 15.3. The van der Waals surface area contributed by atoms with Gasteiger partial charge in [-0.05, 0) is 43.3 Å². The molecule has 0 aliphatic heterocycles. The van der Waals surface area contributed by atoms with Gasteiger partial charge < -0.3 is 14.6 Å². The van der Waals surface area contributed by atoms with Gasteiger partial charge in [0.05, 0.1) is 17.2 Å². The Morgan fingerprint density at radius 3 is 2.58 bits per heavy atom. The van der Waals surface area contributed by atoms with Crippen LogP contribution in [0.2, 0.25) is 5.02 Å². The van der Waals surface area contributed by atoms with Gasteiger partial charge in [0.1, 0.15) is 0 Å². The molecule has 3 aromatic rings. The zero-order chi connectivity index (χ0) is 18.5. The lowest BCUT2D eigenvalue weighted by Gasteiger charge is -2.07. The summed E-state index contributed by atoms with van der Waals surface area (Å²) in [5, 5.41) is 6.86. The van der Waals surface area contributed by atoms with Crippen LogP contribution in [0.1, 0.15) is 27.8 Å². The average molecular weight is 371 g/mol. The zero-order valence-corrected chi connectivity index (χ0v) is 14.6. The highest BCUT2D eigenvalue weighted by Gasteiger charge is 2.15. The number of esters is 1. The van der Waals surface area contributed by atoms with Crippen molar-refractivity contribution in [2.24, 2.45) is 0 Å². The zero-order valence-electron chi connectivity index (χ0n) is 13.9. The molecule has 0 spiro atoms. The van der Waals surface area contributed by atoms with Crippen molar-refractivity contribution in [2.75, 3.05) is 11.9 Å². The van der Waals surface area contributed by atoms with Crippen LogP contribution in [0.3, 0.4) is 0 Å². The van der Waals surface area contributed by atoms with Gasteiger partial charge in [-0.2, -0.15) is 0 Å². The number of anilines is 1. The topological polar surface area (TPSA) is 81.4 Å². The highest BCUT2D eigenvalue weighted by Crippen LogP contribution is 2.23. The molecule has 0 aliphatic carbocycles. The van der Waals surface area contributed by atoms with E-state index in [4.69, 9.17) is 20.9 Å². The molecule has 1 aromatic heterocycles. The number of nitrogens with one attached hydrogen (secondary N) is 1. The van der Waals surface area contributed by atoms with Crippen LogP contribution in [0.15, 0.2) is 59.1 Å². The fraction of sp³-hybridized carbons (Fsp3) is 0.105. The Balaban J connectivity index is 1.72. The largest absolute Gasteiger partial charge is 0.461 e. The number of amides is 1. The molecule has 1 amide bonds. The number of hydrogen-bond donors (Lipinski definition) is 1. The molecule has 7 heteroatoms. The summed E-state index contributed by atoms with van der Waals surface area (Å²) in [6.07, 6.45) is 0. The third kappa shape index (κ3) is 3.92. The minimum atomic E-state index is -0.536. The summed E-state index contributed by atoms with van der Waals surface area (Å²) in [5.74, 6) is -0.407. The SMILES string of the molecule is CCOC(=O)c1cc(-c2ccc(NC(=O)c3ccccc3Cl)cc2)on1. The monoisotopic (exact) mass is 370 g/mol. The van der Waals surface area contributed by atoms with Gasteiger partial charge in [0.2, 0.25) is 0 Å². The van der Waals surface area contributed by atoms with E-state index in [1.54, 1.807) is 55.5 Å². The normalized spacial score (nSPS) is 10.4. The lowest BCUT2D eigenvalue weighted by atomic mass is 10.1. The van der Waals surface area contributed by atoms with Crippen LogP contribution < -0.4 is 5.32 Å². The van der Waals surface area contributed by atoms with Gasteiger partial charge in [0.25, 0.3) is 5.91 Å². The number of rotatable bonds is 5. The Hall–Kier alpha value is -3.12. The van der Waals surface area contributed by atoms with E-state index in [1.807, 2.05) is 0 Å². The molecule has 1 N–H and O–H groups in total. The molecule has 132 valence electrons. The molecule has 0 aliphatic rings. The van der Waals surface area contributed by atoms with E-state index >= 15 is 0 Å². The number of carbonyl (C=O) groups is 2. The van der Waals surface area contributed by atoms with E-state index < -0.39 is 5.97 Å². The third-order valence-electron chi connectivity index (χ3n) is 3.54. The van der Waals surface area contributed by atoms with Crippen LogP contribution in [0, 0.1) is 0 Å². The van der Waals surface area contributed by atoms with Crippen molar-refractivity contribution >= 4 is 29.2 Å². The summed E-state index contributed by atoms with van der Waals surface area (Å²) < 4.78 is 10.0. The highest BCUT2D eigenvalue weighted by atomic mass is 35.5. The van der Waals surface area contributed by atoms with Gasteiger partial charge in [-0.15, -0.1) is 0 Å². The maximum atomic E-state index is 12.3. The molecule has 6 nitrogen and oxygen atoms in total. The van der Waals surface area contributed by atoms with Crippen LogP contribution in [-0.4, -0.2) is 23.6 Å². The molecule has 0 fully saturated rings. The van der Waals surface area contributed by atoms with Crippen LogP contribution in [0.5, 0.6) is 0 Å². The second-order valence-electron chi connectivity index (χ2n) is 5.31. The lowest BCUT2D eigenvalue weighted by molar-refractivity contribution is 0.0514. The predicted octanol–water partition coefficient (Wildman–Crippen LogP) is 4.42. The Morgan fingerprint density at radius 2 is 1.88 bits per heavy atom. The third-order valence-corrected chi connectivity index (χ3v) is 3.87. The van der Waals surface area contributed by atoms with Gasteiger partial charge in [0.15, 0.2) is 11.5 Å². The molecular formula is C19H15ClN2O4. The summed E-state index contributed by atoms with van der Waals surface area (Å²) >= 11 is 6.02. The molecule has 0 bridgehead atoms. The van der Waals surface area contributed by atoms with Gasteiger partial charge in [-0.1, -0.05) is 28.9 Å². The summed E-state index contributed by atoms with van der Waals surface area (Å²) in [6.45, 7) is 1.98. The molecule has 0 saturated carbocycles. The first-order valence-electron chi connectivity index (χ1n) is 7.88. The number of ether oxygens (including phenoxy) is 1. The van der Waals surface area contributed by atoms with Gasteiger partial charge in [0, 0.05) is 17.3 Å².